The van der Waals surface area contributed by atoms with Crippen molar-refractivity contribution >= 4 is 29.8 Å². The van der Waals surface area contributed by atoms with Gasteiger partial charge in [-0.15, -0.1) is 0 Å². The van der Waals surface area contributed by atoms with Gasteiger partial charge in [-0.2, -0.15) is 11.8 Å². The van der Waals surface area contributed by atoms with Crippen LogP contribution in [0.3, 0.4) is 0 Å². The first-order valence-electron chi connectivity index (χ1n) is 4.01. The lowest BCUT2D eigenvalue weighted by molar-refractivity contribution is -0.141. The molecule has 0 saturated heterocycles. The van der Waals surface area contributed by atoms with Crippen molar-refractivity contribution in [3.05, 3.63) is 0 Å². The largest absolute Gasteiger partial charge is 0.480 e. The summed E-state index contributed by atoms with van der Waals surface area (Å²) in [6.07, 6.45) is 1.89. The SMILES string of the molecule is CSCCC(C(=O)O)N(C(N)=O)C(N)=O. The number of rotatable bonds is 5. The van der Waals surface area contributed by atoms with Crippen LogP contribution in [0, 0.1) is 0 Å². The summed E-state index contributed by atoms with van der Waals surface area (Å²) in [6, 6.07) is -3.61. The zero-order valence-electron chi connectivity index (χ0n) is 8.17. The van der Waals surface area contributed by atoms with Crippen molar-refractivity contribution in [2.45, 2.75) is 12.5 Å². The standard InChI is InChI=1S/C7H13N3O4S/c1-15-3-2-4(5(11)12)10(6(8)13)7(9)14/h4H,2-3H2,1H3,(H2,8,13)(H2,9,14)(H,11,12). The number of imide groups is 1. The van der Waals surface area contributed by atoms with Crippen LogP contribution in [0.1, 0.15) is 6.42 Å². The maximum atomic E-state index is 10.8. The first-order chi connectivity index (χ1) is 6.91. The van der Waals surface area contributed by atoms with Gasteiger partial charge in [-0.1, -0.05) is 0 Å². The molecule has 0 aromatic rings. The number of thioether (sulfide) groups is 1. The molecule has 0 radical (unpaired) electrons. The number of carbonyl (C=O) groups excluding carboxylic acids is 2. The van der Waals surface area contributed by atoms with Gasteiger partial charge in [0.2, 0.25) is 0 Å². The topological polar surface area (TPSA) is 127 Å². The van der Waals surface area contributed by atoms with Crippen LogP contribution in [-0.4, -0.2) is 46.1 Å². The lowest BCUT2D eigenvalue weighted by Crippen LogP contribution is -2.53. The summed E-state index contributed by atoms with van der Waals surface area (Å²) in [4.78, 5) is 32.8. The zero-order chi connectivity index (χ0) is 12.0. The van der Waals surface area contributed by atoms with Crippen LogP contribution < -0.4 is 11.5 Å². The molecule has 0 aromatic heterocycles. The molecular weight excluding hydrogens is 222 g/mol. The molecule has 0 bridgehead atoms. The summed E-state index contributed by atoms with van der Waals surface area (Å²) in [7, 11) is 0. The monoisotopic (exact) mass is 235 g/mol. The third-order valence-corrected chi connectivity index (χ3v) is 2.31. The number of nitrogens with two attached hydrogens (primary N) is 2. The molecule has 1 unspecified atom stereocenters. The highest BCUT2D eigenvalue weighted by molar-refractivity contribution is 7.98. The second-order valence-corrected chi connectivity index (χ2v) is 3.67. The van der Waals surface area contributed by atoms with E-state index in [0.29, 0.717) is 10.7 Å². The van der Waals surface area contributed by atoms with E-state index < -0.39 is 24.1 Å². The summed E-state index contributed by atoms with van der Waals surface area (Å²) in [5.74, 6) is -0.824. The minimum atomic E-state index is -1.30. The molecule has 8 heteroatoms. The molecule has 0 fully saturated rings. The normalized spacial score (nSPS) is 11.8. The molecule has 0 aromatic carbocycles. The van der Waals surface area contributed by atoms with E-state index in [9.17, 15) is 14.4 Å². The molecule has 0 saturated carbocycles. The van der Waals surface area contributed by atoms with Crippen molar-refractivity contribution in [3.63, 3.8) is 0 Å². The number of amides is 4. The molecule has 15 heavy (non-hydrogen) atoms. The van der Waals surface area contributed by atoms with Gasteiger partial charge in [-0.25, -0.2) is 19.3 Å². The van der Waals surface area contributed by atoms with E-state index in [1.807, 2.05) is 0 Å². The number of carboxylic acid groups (broad SMARTS) is 1. The number of nitrogens with zero attached hydrogens (tertiary/aromatic N) is 1. The van der Waals surface area contributed by atoms with E-state index in [-0.39, 0.29) is 6.42 Å². The van der Waals surface area contributed by atoms with Gasteiger partial charge in [0.25, 0.3) is 0 Å². The number of primary amides is 2. The Morgan fingerprint density at radius 2 is 1.80 bits per heavy atom. The molecule has 86 valence electrons. The van der Waals surface area contributed by atoms with E-state index in [4.69, 9.17) is 16.6 Å². The third kappa shape index (κ3) is 4.07. The van der Waals surface area contributed by atoms with Crippen LogP contribution in [-0.2, 0) is 4.79 Å². The number of hydrogen-bond acceptors (Lipinski definition) is 4. The number of aliphatic carboxylic acids is 1. The number of urea groups is 2. The van der Waals surface area contributed by atoms with E-state index in [1.54, 1.807) is 6.26 Å². The molecule has 0 aliphatic heterocycles. The number of hydrogen-bond donors (Lipinski definition) is 3. The predicted molar refractivity (Wildman–Crippen MR) is 55.4 cm³/mol. The van der Waals surface area contributed by atoms with Gasteiger partial charge in [0.15, 0.2) is 0 Å². The van der Waals surface area contributed by atoms with Crippen molar-refractivity contribution in [2.75, 3.05) is 12.0 Å². The predicted octanol–water partition coefficient (Wildman–Crippen LogP) is -0.348. The van der Waals surface area contributed by atoms with Crippen molar-refractivity contribution in [1.29, 1.82) is 0 Å². The summed E-state index contributed by atoms with van der Waals surface area (Å²) in [5.41, 5.74) is 9.73. The number of carboxylic acids is 1. The van der Waals surface area contributed by atoms with Gasteiger partial charge in [-0.05, 0) is 18.4 Å². The highest BCUT2D eigenvalue weighted by atomic mass is 32.2. The first kappa shape index (κ1) is 13.6. The molecular formula is C7H13N3O4S. The Hall–Kier alpha value is -1.44. The minimum Gasteiger partial charge on any atom is -0.480 e. The fourth-order valence-electron chi connectivity index (χ4n) is 1.01. The van der Waals surface area contributed by atoms with Gasteiger partial charge in [0.05, 0.1) is 0 Å². The Morgan fingerprint density at radius 3 is 2.07 bits per heavy atom. The Bertz CT molecular complexity index is 257. The van der Waals surface area contributed by atoms with Gasteiger partial charge >= 0.3 is 18.0 Å². The van der Waals surface area contributed by atoms with Gasteiger partial charge in [0.1, 0.15) is 6.04 Å². The minimum absolute atomic E-state index is 0.113. The average molecular weight is 235 g/mol. The summed E-state index contributed by atoms with van der Waals surface area (Å²) in [5, 5.41) is 8.80. The fourth-order valence-corrected chi connectivity index (χ4v) is 1.47. The molecule has 0 spiro atoms. The maximum absolute atomic E-state index is 10.8. The second-order valence-electron chi connectivity index (χ2n) is 2.68. The molecule has 1 atom stereocenters. The van der Waals surface area contributed by atoms with Gasteiger partial charge < -0.3 is 16.6 Å². The molecule has 7 nitrogen and oxygen atoms in total. The zero-order valence-corrected chi connectivity index (χ0v) is 8.99. The highest BCUT2D eigenvalue weighted by Gasteiger charge is 2.31. The van der Waals surface area contributed by atoms with Crippen LogP contribution in [0.15, 0.2) is 0 Å². The molecule has 0 aliphatic rings. The van der Waals surface area contributed by atoms with Crippen molar-refractivity contribution in [1.82, 2.24) is 4.90 Å². The second kappa shape index (κ2) is 6.12. The van der Waals surface area contributed by atoms with Crippen molar-refractivity contribution < 1.29 is 19.5 Å². The summed E-state index contributed by atoms with van der Waals surface area (Å²) < 4.78 is 0. The molecule has 4 amide bonds. The van der Waals surface area contributed by atoms with Crippen LogP contribution in [0.25, 0.3) is 0 Å². The van der Waals surface area contributed by atoms with Crippen molar-refractivity contribution in [3.8, 4) is 0 Å². The highest BCUT2D eigenvalue weighted by Crippen LogP contribution is 2.08. The smallest absolute Gasteiger partial charge is 0.327 e. The van der Waals surface area contributed by atoms with Gasteiger partial charge in [-0.3, -0.25) is 0 Å². The average Bonchev–Trinajstić information content (AvgIpc) is 2.09. The third-order valence-electron chi connectivity index (χ3n) is 1.67. The molecule has 0 rings (SSSR count). The van der Waals surface area contributed by atoms with Crippen LogP contribution in [0.5, 0.6) is 0 Å². The Morgan fingerprint density at radius 1 is 1.33 bits per heavy atom. The van der Waals surface area contributed by atoms with E-state index in [0.717, 1.165) is 0 Å². The lowest BCUT2D eigenvalue weighted by Gasteiger charge is -2.23. The van der Waals surface area contributed by atoms with Gasteiger partial charge in [0, 0.05) is 0 Å². The van der Waals surface area contributed by atoms with Crippen LogP contribution in [0.2, 0.25) is 0 Å². The summed E-state index contributed by atoms with van der Waals surface area (Å²) in [6.45, 7) is 0. The van der Waals surface area contributed by atoms with E-state index in [2.05, 4.69) is 0 Å². The Kier molecular flexibility index (Phi) is 5.53. The Labute approximate surface area is 90.8 Å². The number of carbonyl (C=O) groups is 3. The lowest BCUT2D eigenvalue weighted by atomic mass is 10.2. The summed E-state index contributed by atoms with van der Waals surface area (Å²) >= 11 is 1.39. The van der Waals surface area contributed by atoms with E-state index >= 15 is 0 Å². The van der Waals surface area contributed by atoms with Crippen LogP contribution >= 0.6 is 11.8 Å². The molecule has 0 aliphatic carbocycles. The quantitative estimate of drug-likeness (QED) is 0.600. The molecule has 0 heterocycles. The van der Waals surface area contributed by atoms with Crippen LogP contribution in [0.4, 0.5) is 9.59 Å². The maximum Gasteiger partial charge on any atom is 0.327 e. The first-order valence-corrected chi connectivity index (χ1v) is 5.41. The van der Waals surface area contributed by atoms with Crippen molar-refractivity contribution in [2.24, 2.45) is 11.5 Å². The fraction of sp³-hybridized carbons (Fsp3) is 0.571. The molecule has 5 N–H and O–H groups in total. The van der Waals surface area contributed by atoms with E-state index in [1.165, 1.54) is 11.8 Å². The Balaban J connectivity index is 4.76.